The summed E-state index contributed by atoms with van der Waals surface area (Å²) in [5.74, 6) is 1.98. The second-order valence-corrected chi connectivity index (χ2v) is 4.94. The normalized spacial score (nSPS) is 11.5. The van der Waals surface area contributed by atoms with Gasteiger partial charge in [0, 0.05) is 11.8 Å². The van der Waals surface area contributed by atoms with Gasteiger partial charge in [-0.15, -0.1) is 0 Å². The quantitative estimate of drug-likeness (QED) is 0.824. The third-order valence-corrected chi connectivity index (χ3v) is 3.25. The smallest absolute Gasteiger partial charge is 0.319 e. The van der Waals surface area contributed by atoms with Gasteiger partial charge in [0.05, 0.1) is 18.2 Å². The molecule has 0 saturated carbocycles. The van der Waals surface area contributed by atoms with Crippen LogP contribution in [-0.2, 0) is 0 Å². The summed E-state index contributed by atoms with van der Waals surface area (Å²) in [4.78, 5) is 11.8. The lowest BCUT2D eigenvalue weighted by Crippen LogP contribution is -2.32. The maximum Gasteiger partial charge on any atom is 0.319 e. The first-order valence-electron chi connectivity index (χ1n) is 7.32. The van der Waals surface area contributed by atoms with Crippen LogP contribution in [-0.4, -0.2) is 26.0 Å². The molecule has 7 heteroatoms. The Balaban J connectivity index is 1.41. The molecule has 122 valence electrons. The molecule has 0 aromatic heterocycles. The number of ether oxygens (including phenoxy) is 3. The van der Waals surface area contributed by atoms with E-state index in [1.165, 1.54) is 0 Å². The lowest BCUT2D eigenvalue weighted by molar-refractivity contribution is 0.173. The number of fused-ring (bicyclic) bond motifs is 1. The van der Waals surface area contributed by atoms with Crippen molar-refractivity contribution >= 4 is 11.7 Å². The molecule has 2 N–H and O–H groups in total. The summed E-state index contributed by atoms with van der Waals surface area (Å²) in [5.41, 5.74) is 1.04. The predicted molar refractivity (Wildman–Crippen MR) is 86.2 cm³/mol. The number of urea groups is 1. The van der Waals surface area contributed by atoms with E-state index in [2.05, 4.69) is 10.6 Å². The van der Waals surface area contributed by atoms with Crippen molar-refractivity contribution in [2.75, 3.05) is 25.3 Å². The summed E-state index contributed by atoms with van der Waals surface area (Å²) in [5, 5.41) is 14.2. The van der Waals surface area contributed by atoms with Crippen LogP contribution in [0.3, 0.4) is 0 Å². The topological polar surface area (TPSA) is 92.6 Å². The minimum atomic E-state index is -0.362. The van der Waals surface area contributed by atoms with Crippen molar-refractivity contribution in [3.63, 3.8) is 0 Å². The Bertz CT molecular complexity index is 786. The largest absolute Gasteiger partial charge is 0.492 e. The zero-order valence-electron chi connectivity index (χ0n) is 12.7. The van der Waals surface area contributed by atoms with Crippen molar-refractivity contribution in [1.29, 1.82) is 5.26 Å². The third-order valence-electron chi connectivity index (χ3n) is 3.25. The number of nitriles is 1. The van der Waals surface area contributed by atoms with Gasteiger partial charge in [0.25, 0.3) is 0 Å². The molecular weight excluding hydrogens is 310 g/mol. The molecule has 0 fully saturated rings. The summed E-state index contributed by atoms with van der Waals surface area (Å²) < 4.78 is 16.0. The molecule has 0 aliphatic carbocycles. The van der Waals surface area contributed by atoms with E-state index in [0.29, 0.717) is 41.7 Å². The standard InChI is InChI=1S/C17H15N3O4/c18-10-12-2-1-3-13(8-12)20-17(21)19-6-7-22-14-4-5-15-16(9-14)24-11-23-15/h1-5,8-9H,6-7,11H2,(H2,19,20,21). The highest BCUT2D eigenvalue weighted by atomic mass is 16.7. The molecule has 2 aromatic rings. The summed E-state index contributed by atoms with van der Waals surface area (Å²) in [6, 6.07) is 13.6. The van der Waals surface area contributed by atoms with Crippen LogP contribution in [0.5, 0.6) is 17.2 Å². The van der Waals surface area contributed by atoms with Gasteiger partial charge >= 0.3 is 6.03 Å². The number of anilines is 1. The van der Waals surface area contributed by atoms with Gasteiger partial charge in [-0.1, -0.05) is 6.07 Å². The Hall–Kier alpha value is -3.40. The molecule has 0 unspecified atom stereocenters. The molecule has 0 spiro atoms. The molecule has 1 aliphatic rings. The zero-order valence-corrected chi connectivity index (χ0v) is 12.7. The van der Waals surface area contributed by atoms with Crippen molar-refractivity contribution in [2.24, 2.45) is 0 Å². The number of rotatable bonds is 5. The Kier molecular flexibility index (Phi) is 4.68. The van der Waals surface area contributed by atoms with Crippen LogP contribution in [0.4, 0.5) is 10.5 Å². The van der Waals surface area contributed by atoms with Crippen molar-refractivity contribution < 1.29 is 19.0 Å². The van der Waals surface area contributed by atoms with E-state index in [0.717, 1.165) is 0 Å². The van der Waals surface area contributed by atoms with Gasteiger partial charge in [0.1, 0.15) is 12.4 Å². The number of amides is 2. The first-order chi connectivity index (χ1) is 11.7. The second-order valence-electron chi connectivity index (χ2n) is 4.94. The second kappa shape index (κ2) is 7.24. The minimum absolute atomic E-state index is 0.216. The molecule has 24 heavy (non-hydrogen) atoms. The maximum atomic E-state index is 11.8. The first kappa shape index (κ1) is 15.5. The Morgan fingerprint density at radius 3 is 2.96 bits per heavy atom. The van der Waals surface area contributed by atoms with E-state index in [9.17, 15) is 4.79 Å². The molecule has 2 aromatic carbocycles. The lowest BCUT2D eigenvalue weighted by Gasteiger charge is -2.09. The fourth-order valence-corrected chi connectivity index (χ4v) is 2.14. The lowest BCUT2D eigenvalue weighted by atomic mass is 10.2. The van der Waals surface area contributed by atoms with Gasteiger partial charge in [-0.2, -0.15) is 5.26 Å². The van der Waals surface area contributed by atoms with Crippen molar-refractivity contribution in [1.82, 2.24) is 5.32 Å². The van der Waals surface area contributed by atoms with Gasteiger partial charge in [0.2, 0.25) is 6.79 Å². The van der Waals surface area contributed by atoms with Gasteiger partial charge in [-0.05, 0) is 30.3 Å². The van der Waals surface area contributed by atoms with E-state index < -0.39 is 0 Å². The molecular formula is C17H15N3O4. The number of carbonyl (C=O) groups is 1. The molecule has 1 aliphatic heterocycles. The fraction of sp³-hybridized carbons (Fsp3) is 0.176. The van der Waals surface area contributed by atoms with Crippen LogP contribution in [0.2, 0.25) is 0 Å². The average Bonchev–Trinajstić information content (AvgIpc) is 3.06. The van der Waals surface area contributed by atoms with Crippen LogP contribution in [0.25, 0.3) is 0 Å². The Labute approximate surface area is 138 Å². The maximum absolute atomic E-state index is 11.8. The van der Waals surface area contributed by atoms with E-state index >= 15 is 0 Å². The number of nitrogens with one attached hydrogen (secondary N) is 2. The molecule has 7 nitrogen and oxygen atoms in total. The highest BCUT2D eigenvalue weighted by Crippen LogP contribution is 2.34. The van der Waals surface area contributed by atoms with Crippen molar-refractivity contribution in [2.45, 2.75) is 0 Å². The SMILES string of the molecule is N#Cc1cccc(NC(=O)NCCOc2ccc3c(c2)OCO3)c1. The number of nitrogens with zero attached hydrogens (tertiary/aromatic N) is 1. The molecule has 1 heterocycles. The molecule has 0 bridgehead atoms. The van der Waals surface area contributed by atoms with Crippen molar-refractivity contribution in [3.05, 3.63) is 48.0 Å². The molecule has 0 radical (unpaired) electrons. The summed E-state index contributed by atoms with van der Waals surface area (Å²) in [6.45, 7) is 0.858. The van der Waals surface area contributed by atoms with Crippen LogP contribution >= 0.6 is 0 Å². The van der Waals surface area contributed by atoms with Crippen LogP contribution in [0.1, 0.15) is 5.56 Å². The third kappa shape index (κ3) is 3.87. The highest BCUT2D eigenvalue weighted by molar-refractivity contribution is 5.89. The monoisotopic (exact) mass is 325 g/mol. The summed E-state index contributed by atoms with van der Waals surface area (Å²) >= 11 is 0. The fourth-order valence-electron chi connectivity index (χ4n) is 2.14. The van der Waals surface area contributed by atoms with E-state index in [1.54, 1.807) is 42.5 Å². The van der Waals surface area contributed by atoms with E-state index in [1.807, 2.05) is 6.07 Å². The molecule has 0 saturated heterocycles. The number of hydrogen-bond acceptors (Lipinski definition) is 5. The predicted octanol–water partition coefficient (Wildman–Crippen LogP) is 2.49. The Morgan fingerprint density at radius 2 is 2.08 bits per heavy atom. The van der Waals surface area contributed by atoms with Crippen molar-refractivity contribution in [3.8, 4) is 23.3 Å². The van der Waals surface area contributed by atoms with E-state index in [-0.39, 0.29) is 12.8 Å². The summed E-state index contributed by atoms with van der Waals surface area (Å²) in [7, 11) is 0. The van der Waals surface area contributed by atoms with Gasteiger partial charge in [-0.25, -0.2) is 4.79 Å². The highest BCUT2D eigenvalue weighted by Gasteiger charge is 2.13. The van der Waals surface area contributed by atoms with Crippen LogP contribution < -0.4 is 24.8 Å². The van der Waals surface area contributed by atoms with Gasteiger partial charge in [0.15, 0.2) is 11.5 Å². The minimum Gasteiger partial charge on any atom is -0.492 e. The summed E-state index contributed by atoms with van der Waals surface area (Å²) in [6.07, 6.45) is 0. The number of hydrogen-bond donors (Lipinski definition) is 2. The molecule has 3 rings (SSSR count). The number of benzene rings is 2. The first-order valence-corrected chi connectivity index (χ1v) is 7.32. The van der Waals surface area contributed by atoms with Crippen LogP contribution in [0, 0.1) is 11.3 Å². The average molecular weight is 325 g/mol. The van der Waals surface area contributed by atoms with Crippen LogP contribution in [0.15, 0.2) is 42.5 Å². The molecule has 2 amide bonds. The molecule has 0 atom stereocenters. The number of carbonyl (C=O) groups excluding carboxylic acids is 1. The zero-order chi connectivity index (χ0) is 16.8. The van der Waals surface area contributed by atoms with E-state index in [4.69, 9.17) is 19.5 Å². The Morgan fingerprint density at radius 1 is 1.21 bits per heavy atom. The van der Waals surface area contributed by atoms with Gasteiger partial charge < -0.3 is 24.8 Å². The van der Waals surface area contributed by atoms with Gasteiger partial charge in [-0.3, -0.25) is 0 Å².